The van der Waals surface area contributed by atoms with Gasteiger partial charge in [0.2, 0.25) is 6.33 Å². The van der Waals surface area contributed by atoms with Crippen LogP contribution in [0.3, 0.4) is 0 Å². The van der Waals surface area contributed by atoms with Gasteiger partial charge < -0.3 is 4.13 Å². The number of aromatic amines is 1. The van der Waals surface area contributed by atoms with Gasteiger partial charge in [-0.2, -0.15) is 26.3 Å². The molecule has 1 aromatic heterocycles. The maximum atomic E-state index is 11.4. The van der Waals surface area contributed by atoms with Crippen LogP contribution >= 0.6 is 0 Å². The summed E-state index contributed by atoms with van der Waals surface area (Å²) in [6.07, 6.45) is 5.84. The highest BCUT2D eigenvalue weighted by atomic mass is 32.3. The van der Waals surface area contributed by atoms with E-state index in [1.807, 2.05) is 18.7 Å². The van der Waals surface area contributed by atoms with E-state index in [0.29, 0.717) is 0 Å². The molecular formula is C7H9F6N3O4S2. The third-order valence-corrected chi connectivity index (χ3v) is 4.49. The summed E-state index contributed by atoms with van der Waals surface area (Å²) in [7, 11) is -13.4. The zero-order valence-electron chi connectivity index (χ0n) is 10.6. The van der Waals surface area contributed by atoms with Crippen molar-refractivity contribution in [1.82, 2.24) is 4.98 Å². The van der Waals surface area contributed by atoms with Crippen LogP contribution in [-0.2, 0) is 26.6 Å². The minimum Gasteiger partial charge on any atom is -0.421 e. The molecule has 1 heterocycles. The first-order valence-corrected chi connectivity index (χ1v) is 7.90. The van der Waals surface area contributed by atoms with Crippen LogP contribution in [0.15, 0.2) is 18.7 Å². The monoisotopic (exact) mass is 377 g/mol. The summed E-state index contributed by atoms with van der Waals surface area (Å²) < 4.78 is 111. The van der Waals surface area contributed by atoms with E-state index in [1.54, 1.807) is 0 Å². The molecule has 0 saturated heterocycles. The molecule has 7 nitrogen and oxygen atoms in total. The van der Waals surface area contributed by atoms with Crippen LogP contribution in [0.5, 0.6) is 0 Å². The zero-order valence-corrected chi connectivity index (χ0v) is 12.2. The number of rotatable bonds is 3. The molecule has 1 rings (SSSR count). The minimum atomic E-state index is -6.72. The predicted octanol–water partition coefficient (Wildman–Crippen LogP) is 1.38. The lowest BCUT2D eigenvalue weighted by Crippen LogP contribution is -2.30. The van der Waals surface area contributed by atoms with Crippen LogP contribution in [0.4, 0.5) is 26.3 Å². The molecule has 130 valence electrons. The molecule has 0 aliphatic rings. The molecule has 0 bridgehead atoms. The topological polar surface area (TPSA) is 102 Å². The molecule has 15 heteroatoms. The van der Waals surface area contributed by atoms with Crippen LogP contribution in [0.1, 0.15) is 6.92 Å². The van der Waals surface area contributed by atoms with E-state index in [0.717, 1.165) is 10.7 Å². The number of imidazole rings is 1. The van der Waals surface area contributed by atoms with E-state index >= 15 is 0 Å². The molecule has 0 spiro atoms. The number of nitrogens with one attached hydrogen (secondary N) is 1. The van der Waals surface area contributed by atoms with Crippen LogP contribution in [-0.4, -0.2) is 32.8 Å². The highest BCUT2D eigenvalue weighted by molar-refractivity contribution is 8.13. The van der Waals surface area contributed by atoms with Crippen LogP contribution in [0.25, 0.3) is 4.13 Å². The molecule has 0 aromatic carbocycles. The maximum absolute atomic E-state index is 11.4. The fourth-order valence-corrected chi connectivity index (χ4v) is 2.44. The van der Waals surface area contributed by atoms with Crippen LogP contribution < -0.4 is 4.57 Å². The van der Waals surface area contributed by atoms with Gasteiger partial charge in [-0.25, -0.2) is 21.4 Å². The molecule has 22 heavy (non-hydrogen) atoms. The average molecular weight is 377 g/mol. The molecule has 1 aromatic rings. The molecular weight excluding hydrogens is 368 g/mol. The normalized spacial score (nSPS) is 13.4. The van der Waals surface area contributed by atoms with E-state index in [-0.39, 0.29) is 0 Å². The molecule has 1 N–H and O–H groups in total. The number of aryl methyl sites for hydroxylation is 1. The smallest absolute Gasteiger partial charge is 0.421 e. The third kappa shape index (κ3) is 5.80. The van der Waals surface area contributed by atoms with Gasteiger partial charge in [0, 0.05) is 0 Å². The fourth-order valence-electron chi connectivity index (χ4n) is 0.731. The van der Waals surface area contributed by atoms with E-state index in [2.05, 4.69) is 16.5 Å². The van der Waals surface area contributed by atoms with Gasteiger partial charge in [0.25, 0.3) is 0 Å². The Morgan fingerprint density at radius 3 is 1.59 bits per heavy atom. The van der Waals surface area contributed by atoms with Gasteiger partial charge in [-0.1, -0.05) is 0 Å². The number of H-pyrrole nitrogens is 1. The number of nitrogens with zero attached hydrogens (tertiary/aromatic N) is 2. The summed E-state index contributed by atoms with van der Waals surface area (Å²) in [5.41, 5.74) is -12.4. The molecule has 0 amide bonds. The summed E-state index contributed by atoms with van der Waals surface area (Å²) in [5, 5.41) is 0. The SMILES string of the molecule is CC[n+]1cc[nH]c1.O=S(=O)([N-]S(=O)(=O)C(F)(F)F)C(F)(F)F. The summed E-state index contributed by atoms with van der Waals surface area (Å²) in [5.74, 6) is 0. The Morgan fingerprint density at radius 1 is 1.00 bits per heavy atom. The first-order chi connectivity index (χ1) is 9.64. The zero-order chi connectivity index (χ0) is 17.8. The van der Waals surface area contributed by atoms with Crippen LogP contribution in [0, 0.1) is 0 Å². The van der Waals surface area contributed by atoms with Crippen molar-refractivity contribution >= 4 is 20.0 Å². The Balaban J connectivity index is 0.000000518. The Morgan fingerprint density at radius 2 is 1.41 bits per heavy atom. The summed E-state index contributed by atoms with van der Waals surface area (Å²) in [6.45, 7) is 3.15. The van der Waals surface area contributed by atoms with Gasteiger partial charge in [-0.3, -0.25) is 4.98 Å². The third-order valence-electron chi connectivity index (χ3n) is 1.75. The minimum absolute atomic E-state index is 0.778. The summed E-state index contributed by atoms with van der Waals surface area (Å²) in [4.78, 5) is 2.94. The van der Waals surface area contributed by atoms with Gasteiger partial charge in [-0.15, -0.1) is 0 Å². The van der Waals surface area contributed by atoms with Crippen molar-refractivity contribution in [3.05, 3.63) is 22.8 Å². The van der Waals surface area contributed by atoms with Crippen LogP contribution in [0.2, 0.25) is 0 Å². The number of halogens is 6. The van der Waals surface area contributed by atoms with Crippen molar-refractivity contribution in [2.45, 2.75) is 24.5 Å². The number of hydrogen-bond acceptors (Lipinski definition) is 4. The van der Waals surface area contributed by atoms with Gasteiger partial charge >= 0.3 is 11.0 Å². The molecule has 0 atom stereocenters. The molecule has 0 radical (unpaired) electrons. The average Bonchev–Trinajstić information content (AvgIpc) is 2.77. The second kappa shape index (κ2) is 6.82. The molecule has 0 saturated carbocycles. The second-order valence-corrected chi connectivity index (χ2v) is 6.78. The summed E-state index contributed by atoms with van der Waals surface area (Å²) in [6, 6.07) is 0. The Hall–Kier alpha value is -1.35. The maximum Gasteiger partial charge on any atom is 0.480 e. The van der Waals surface area contributed by atoms with Gasteiger partial charge in [0.15, 0.2) is 20.0 Å². The number of alkyl halides is 6. The highest BCUT2D eigenvalue weighted by Gasteiger charge is 2.46. The van der Waals surface area contributed by atoms with Gasteiger partial charge in [0.1, 0.15) is 12.4 Å². The Labute approximate surface area is 121 Å². The van der Waals surface area contributed by atoms with Crippen molar-refractivity contribution in [2.24, 2.45) is 0 Å². The van der Waals surface area contributed by atoms with Gasteiger partial charge in [0.05, 0.1) is 6.54 Å². The number of sulfonamides is 2. The predicted molar refractivity (Wildman–Crippen MR) is 60.0 cm³/mol. The van der Waals surface area contributed by atoms with Crippen molar-refractivity contribution in [3.8, 4) is 0 Å². The molecule has 0 fully saturated rings. The lowest BCUT2D eigenvalue weighted by molar-refractivity contribution is -0.692. The highest BCUT2D eigenvalue weighted by Crippen LogP contribution is 2.36. The molecule has 0 unspecified atom stereocenters. The Bertz CT molecular complexity index is 620. The Kier molecular flexibility index (Phi) is 6.40. The largest absolute Gasteiger partial charge is 0.480 e. The van der Waals surface area contributed by atoms with E-state index in [9.17, 15) is 43.2 Å². The van der Waals surface area contributed by atoms with E-state index in [1.165, 1.54) is 0 Å². The van der Waals surface area contributed by atoms with Crippen molar-refractivity contribution in [3.63, 3.8) is 0 Å². The lowest BCUT2D eigenvalue weighted by Gasteiger charge is -2.22. The summed E-state index contributed by atoms with van der Waals surface area (Å²) >= 11 is 0. The van der Waals surface area contributed by atoms with Crippen molar-refractivity contribution in [2.75, 3.05) is 0 Å². The second-order valence-electron chi connectivity index (χ2n) is 3.36. The lowest BCUT2D eigenvalue weighted by atomic mass is 10.7. The molecule has 0 aliphatic heterocycles. The van der Waals surface area contributed by atoms with E-state index in [4.69, 9.17) is 0 Å². The first-order valence-electron chi connectivity index (χ1n) is 5.02. The van der Waals surface area contributed by atoms with E-state index < -0.39 is 31.1 Å². The first kappa shape index (κ1) is 20.6. The molecule has 0 aliphatic carbocycles. The fraction of sp³-hybridized carbons (Fsp3) is 0.571. The van der Waals surface area contributed by atoms with Crippen molar-refractivity contribution < 1.29 is 47.7 Å². The van der Waals surface area contributed by atoms with Gasteiger partial charge in [-0.05, 0) is 6.92 Å². The van der Waals surface area contributed by atoms with Crippen molar-refractivity contribution in [1.29, 1.82) is 0 Å². The number of aromatic nitrogens is 2. The quantitative estimate of drug-likeness (QED) is 0.635. The number of hydrogen-bond donors (Lipinski definition) is 1. The standard InChI is InChI=1S/C5H8N2.C2F6NO4S2/c1-2-7-4-3-6-5-7;3-1(4,5)14(10,11)9-15(12,13)2(6,7)8/h3-5H,2H2,1H3;/q;-1/p+1.